The summed E-state index contributed by atoms with van der Waals surface area (Å²) >= 11 is 0. The third-order valence-electron chi connectivity index (χ3n) is 3.95. The smallest absolute Gasteiger partial charge is 0.384 e. The Labute approximate surface area is 122 Å². The third kappa shape index (κ3) is 3.49. The Balaban J connectivity index is 2.27. The number of nitrogens with zero attached hydrogens (tertiary/aromatic N) is 1. The maximum absolute atomic E-state index is 12.9. The van der Waals surface area contributed by atoms with Crippen LogP contribution in [0.15, 0.2) is 18.2 Å². The van der Waals surface area contributed by atoms with Gasteiger partial charge in [0, 0.05) is 24.3 Å². The van der Waals surface area contributed by atoms with Crippen LogP contribution >= 0.6 is 0 Å². The maximum atomic E-state index is 12.9. The number of nitrogens with one attached hydrogen (secondary N) is 1. The molecule has 1 fully saturated rings. The highest BCUT2D eigenvalue weighted by molar-refractivity contribution is 5.97. The van der Waals surface area contributed by atoms with E-state index in [1.165, 1.54) is 12.1 Å². The molecule has 2 rings (SSSR count). The second kappa shape index (κ2) is 5.95. The molecule has 1 aromatic rings. The molecule has 1 atom stereocenters. The standard InChI is InChI=1S/C15H20F3N3/c1-2-3-10-6-7-21(9-10)11-4-5-13(15(16,17)18)12(8-11)14(19)20/h4-5,8,10H,2-3,6-7,9H2,1H3,(H3,19,20). The van der Waals surface area contributed by atoms with Crippen LogP contribution in [0.5, 0.6) is 0 Å². The van der Waals surface area contributed by atoms with Gasteiger partial charge in [0.05, 0.1) is 5.56 Å². The summed E-state index contributed by atoms with van der Waals surface area (Å²) in [5.41, 5.74) is 4.95. The molecule has 0 radical (unpaired) electrons. The van der Waals surface area contributed by atoms with Crippen molar-refractivity contribution < 1.29 is 13.2 Å². The molecule has 21 heavy (non-hydrogen) atoms. The Morgan fingerprint density at radius 3 is 2.71 bits per heavy atom. The normalized spacial score (nSPS) is 19.0. The van der Waals surface area contributed by atoms with Gasteiger partial charge in [-0.25, -0.2) is 0 Å². The molecule has 1 heterocycles. The van der Waals surface area contributed by atoms with Gasteiger partial charge in [-0.1, -0.05) is 13.3 Å². The van der Waals surface area contributed by atoms with Crippen LogP contribution in [0.25, 0.3) is 0 Å². The van der Waals surface area contributed by atoms with E-state index in [4.69, 9.17) is 11.1 Å². The zero-order chi connectivity index (χ0) is 15.6. The van der Waals surface area contributed by atoms with Gasteiger partial charge in [-0.3, -0.25) is 5.41 Å². The molecule has 6 heteroatoms. The molecule has 1 aromatic carbocycles. The number of hydrogen-bond acceptors (Lipinski definition) is 2. The molecule has 1 aliphatic heterocycles. The summed E-state index contributed by atoms with van der Waals surface area (Å²) in [5, 5.41) is 7.39. The lowest BCUT2D eigenvalue weighted by atomic mass is 10.0. The Hall–Kier alpha value is -1.72. The first-order valence-corrected chi connectivity index (χ1v) is 7.13. The van der Waals surface area contributed by atoms with Crippen molar-refractivity contribution in [2.75, 3.05) is 18.0 Å². The van der Waals surface area contributed by atoms with E-state index in [-0.39, 0.29) is 5.56 Å². The summed E-state index contributed by atoms with van der Waals surface area (Å²) in [6.45, 7) is 3.83. The van der Waals surface area contributed by atoms with Gasteiger partial charge in [0.2, 0.25) is 0 Å². The van der Waals surface area contributed by atoms with Crippen LogP contribution in [-0.2, 0) is 6.18 Å². The molecule has 3 N–H and O–H groups in total. The van der Waals surface area contributed by atoms with Crippen LogP contribution in [0, 0.1) is 11.3 Å². The quantitative estimate of drug-likeness (QED) is 0.659. The van der Waals surface area contributed by atoms with Crippen LogP contribution < -0.4 is 10.6 Å². The number of amidine groups is 1. The van der Waals surface area contributed by atoms with Gasteiger partial charge in [-0.15, -0.1) is 0 Å². The summed E-state index contributed by atoms with van der Waals surface area (Å²) in [6.07, 6.45) is -1.18. The summed E-state index contributed by atoms with van der Waals surface area (Å²) in [6, 6.07) is 3.89. The number of alkyl halides is 3. The number of nitrogen functional groups attached to an aromatic ring is 1. The average molecular weight is 299 g/mol. The molecular weight excluding hydrogens is 279 g/mol. The highest BCUT2D eigenvalue weighted by atomic mass is 19.4. The second-order valence-corrected chi connectivity index (χ2v) is 5.53. The topological polar surface area (TPSA) is 53.1 Å². The molecular formula is C15H20F3N3. The first-order valence-electron chi connectivity index (χ1n) is 7.13. The largest absolute Gasteiger partial charge is 0.417 e. The zero-order valence-electron chi connectivity index (χ0n) is 12.0. The minimum atomic E-state index is -4.49. The lowest BCUT2D eigenvalue weighted by molar-refractivity contribution is -0.137. The van der Waals surface area contributed by atoms with Crippen molar-refractivity contribution in [2.24, 2.45) is 11.7 Å². The van der Waals surface area contributed by atoms with Crippen LogP contribution in [0.3, 0.4) is 0 Å². The molecule has 0 aromatic heterocycles. The van der Waals surface area contributed by atoms with E-state index in [2.05, 4.69) is 11.8 Å². The van der Waals surface area contributed by atoms with Gasteiger partial charge < -0.3 is 10.6 Å². The van der Waals surface area contributed by atoms with Crippen molar-refractivity contribution in [2.45, 2.75) is 32.4 Å². The van der Waals surface area contributed by atoms with E-state index in [9.17, 15) is 13.2 Å². The predicted molar refractivity (Wildman–Crippen MR) is 77.7 cm³/mol. The van der Waals surface area contributed by atoms with E-state index in [0.717, 1.165) is 38.4 Å². The van der Waals surface area contributed by atoms with Crippen LogP contribution in [0.1, 0.15) is 37.3 Å². The second-order valence-electron chi connectivity index (χ2n) is 5.53. The maximum Gasteiger partial charge on any atom is 0.417 e. The Kier molecular flexibility index (Phi) is 4.44. The fourth-order valence-corrected chi connectivity index (χ4v) is 2.91. The predicted octanol–water partition coefficient (Wildman–Crippen LogP) is 3.62. The van der Waals surface area contributed by atoms with Crippen LogP contribution in [0.4, 0.5) is 18.9 Å². The van der Waals surface area contributed by atoms with E-state index >= 15 is 0 Å². The van der Waals surface area contributed by atoms with Gasteiger partial charge in [0.15, 0.2) is 0 Å². The van der Waals surface area contributed by atoms with Crippen LogP contribution in [0.2, 0.25) is 0 Å². The van der Waals surface area contributed by atoms with Crippen molar-refractivity contribution in [1.29, 1.82) is 5.41 Å². The molecule has 0 bridgehead atoms. The minimum Gasteiger partial charge on any atom is -0.384 e. The van der Waals surface area contributed by atoms with E-state index in [1.54, 1.807) is 0 Å². The van der Waals surface area contributed by atoms with E-state index in [1.807, 2.05) is 0 Å². The Morgan fingerprint density at radius 2 is 2.14 bits per heavy atom. The van der Waals surface area contributed by atoms with Crippen LogP contribution in [-0.4, -0.2) is 18.9 Å². The Bertz CT molecular complexity index is 525. The molecule has 116 valence electrons. The lowest BCUT2D eigenvalue weighted by Crippen LogP contribution is -2.23. The fourth-order valence-electron chi connectivity index (χ4n) is 2.91. The summed E-state index contributed by atoms with van der Waals surface area (Å²) < 4.78 is 38.7. The number of nitrogens with two attached hydrogens (primary N) is 1. The minimum absolute atomic E-state index is 0.237. The molecule has 0 amide bonds. The van der Waals surface area contributed by atoms with Crippen molar-refractivity contribution in [3.8, 4) is 0 Å². The molecule has 3 nitrogen and oxygen atoms in total. The molecule has 1 unspecified atom stereocenters. The SMILES string of the molecule is CCCC1CCN(c2ccc(C(F)(F)F)c(C(=N)N)c2)C1. The average Bonchev–Trinajstić information content (AvgIpc) is 2.86. The van der Waals surface area contributed by atoms with Gasteiger partial charge in [-0.05, 0) is 37.0 Å². The number of hydrogen-bond donors (Lipinski definition) is 2. The zero-order valence-corrected chi connectivity index (χ0v) is 12.0. The first-order chi connectivity index (χ1) is 9.82. The van der Waals surface area contributed by atoms with Crippen molar-refractivity contribution in [3.05, 3.63) is 29.3 Å². The van der Waals surface area contributed by atoms with Gasteiger partial charge in [0.1, 0.15) is 5.84 Å². The highest BCUT2D eigenvalue weighted by Gasteiger charge is 2.34. The highest BCUT2D eigenvalue weighted by Crippen LogP contribution is 2.35. The van der Waals surface area contributed by atoms with Gasteiger partial charge in [-0.2, -0.15) is 13.2 Å². The number of benzene rings is 1. The molecule has 0 aliphatic carbocycles. The summed E-state index contributed by atoms with van der Waals surface area (Å²) in [5.74, 6) is 0.0477. The summed E-state index contributed by atoms with van der Waals surface area (Å²) in [4.78, 5) is 2.08. The number of halogens is 3. The van der Waals surface area contributed by atoms with E-state index in [0.29, 0.717) is 11.6 Å². The van der Waals surface area contributed by atoms with Gasteiger partial charge >= 0.3 is 6.18 Å². The van der Waals surface area contributed by atoms with Crippen molar-refractivity contribution in [3.63, 3.8) is 0 Å². The van der Waals surface area contributed by atoms with Gasteiger partial charge in [0.25, 0.3) is 0 Å². The fraction of sp³-hybridized carbons (Fsp3) is 0.533. The number of rotatable bonds is 4. The molecule has 0 spiro atoms. The lowest BCUT2D eigenvalue weighted by Gasteiger charge is -2.21. The van der Waals surface area contributed by atoms with Crippen molar-refractivity contribution >= 4 is 11.5 Å². The molecule has 1 saturated heterocycles. The third-order valence-corrected chi connectivity index (χ3v) is 3.95. The molecule has 0 saturated carbocycles. The monoisotopic (exact) mass is 299 g/mol. The Morgan fingerprint density at radius 1 is 1.43 bits per heavy atom. The molecule has 1 aliphatic rings. The van der Waals surface area contributed by atoms with Crippen molar-refractivity contribution in [1.82, 2.24) is 0 Å². The first kappa shape index (κ1) is 15.7. The summed E-state index contributed by atoms with van der Waals surface area (Å²) in [7, 11) is 0. The van der Waals surface area contributed by atoms with E-state index < -0.39 is 17.6 Å². The number of anilines is 1.